The van der Waals surface area contributed by atoms with E-state index in [0.29, 0.717) is 0 Å². The molecule has 2 aliphatic rings. The molecule has 1 amide bonds. The van der Waals surface area contributed by atoms with Gasteiger partial charge in [-0.25, -0.2) is 8.42 Å². The normalized spacial score (nSPS) is 24.3. The first-order valence-electron chi connectivity index (χ1n) is 5.98. The van der Waals surface area contributed by atoms with Crippen LogP contribution in [0.15, 0.2) is 0 Å². The van der Waals surface area contributed by atoms with Gasteiger partial charge in [-0.1, -0.05) is 12.8 Å². The SMILES string of the molecule is CS(=O)(=O)CC1(C(=O)NC2CCCC2)COC1. The summed E-state index contributed by atoms with van der Waals surface area (Å²) in [4.78, 5) is 12.1. The first kappa shape index (κ1) is 12.8. The second kappa shape index (κ2) is 4.57. The van der Waals surface area contributed by atoms with Crippen molar-refractivity contribution in [2.24, 2.45) is 5.41 Å². The Balaban J connectivity index is 1.99. The highest BCUT2D eigenvalue weighted by Gasteiger charge is 2.48. The average Bonchev–Trinajstić information content (AvgIpc) is 2.62. The van der Waals surface area contributed by atoms with Gasteiger partial charge in [-0.2, -0.15) is 0 Å². The van der Waals surface area contributed by atoms with Crippen LogP contribution in [0.25, 0.3) is 0 Å². The van der Waals surface area contributed by atoms with E-state index in [1.165, 1.54) is 0 Å². The average molecular weight is 261 g/mol. The summed E-state index contributed by atoms with van der Waals surface area (Å²) in [7, 11) is -3.16. The molecule has 0 bridgehead atoms. The summed E-state index contributed by atoms with van der Waals surface area (Å²) < 4.78 is 27.7. The number of ether oxygens (including phenoxy) is 1. The maximum Gasteiger partial charge on any atom is 0.232 e. The predicted octanol–water partition coefficient (Wildman–Crippen LogP) is 0.106. The molecule has 1 saturated heterocycles. The lowest BCUT2D eigenvalue weighted by Crippen LogP contribution is -2.58. The van der Waals surface area contributed by atoms with Gasteiger partial charge in [-0.15, -0.1) is 0 Å². The molecule has 0 aromatic carbocycles. The molecule has 1 aliphatic carbocycles. The van der Waals surface area contributed by atoms with Crippen molar-refractivity contribution >= 4 is 15.7 Å². The Kier molecular flexibility index (Phi) is 3.45. The molecule has 0 unspecified atom stereocenters. The minimum Gasteiger partial charge on any atom is -0.379 e. The Hall–Kier alpha value is -0.620. The van der Waals surface area contributed by atoms with Gasteiger partial charge in [0, 0.05) is 12.3 Å². The molecule has 5 nitrogen and oxygen atoms in total. The first-order valence-corrected chi connectivity index (χ1v) is 8.04. The smallest absolute Gasteiger partial charge is 0.232 e. The van der Waals surface area contributed by atoms with Crippen LogP contribution in [0.4, 0.5) is 0 Å². The Labute approximate surface area is 102 Å². The van der Waals surface area contributed by atoms with Crippen LogP contribution in [0.2, 0.25) is 0 Å². The maximum atomic E-state index is 12.1. The van der Waals surface area contributed by atoms with Crippen molar-refractivity contribution in [3.63, 3.8) is 0 Å². The predicted molar refractivity (Wildman–Crippen MR) is 63.4 cm³/mol. The number of hydrogen-bond acceptors (Lipinski definition) is 4. The summed E-state index contributed by atoms with van der Waals surface area (Å²) in [6, 6.07) is 0.222. The van der Waals surface area contributed by atoms with Crippen molar-refractivity contribution in [2.75, 3.05) is 25.2 Å². The molecule has 0 aromatic heterocycles. The molecule has 1 N–H and O–H groups in total. The van der Waals surface area contributed by atoms with E-state index in [9.17, 15) is 13.2 Å². The lowest BCUT2D eigenvalue weighted by molar-refractivity contribution is -0.157. The summed E-state index contributed by atoms with van der Waals surface area (Å²) >= 11 is 0. The second-order valence-electron chi connectivity index (χ2n) is 5.30. The van der Waals surface area contributed by atoms with Crippen LogP contribution < -0.4 is 5.32 Å². The topological polar surface area (TPSA) is 72.5 Å². The maximum absolute atomic E-state index is 12.1. The van der Waals surface area contributed by atoms with Crippen molar-refractivity contribution in [2.45, 2.75) is 31.7 Å². The minimum atomic E-state index is -3.16. The number of hydrogen-bond donors (Lipinski definition) is 1. The molecule has 17 heavy (non-hydrogen) atoms. The van der Waals surface area contributed by atoms with E-state index in [4.69, 9.17) is 4.74 Å². The highest BCUT2D eigenvalue weighted by atomic mass is 32.2. The molecular formula is C11H19NO4S. The van der Waals surface area contributed by atoms with E-state index in [0.717, 1.165) is 31.9 Å². The molecule has 0 aromatic rings. The van der Waals surface area contributed by atoms with E-state index in [2.05, 4.69) is 5.32 Å². The summed E-state index contributed by atoms with van der Waals surface area (Å²) in [5.41, 5.74) is -0.837. The van der Waals surface area contributed by atoms with Crippen molar-refractivity contribution in [1.29, 1.82) is 0 Å². The van der Waals surface area contributed by atoms with Gasteiger partial charge >= 0.3 is 0 Å². The highest BCUT2D eigenvalue weighted by Crippen LogP contribution is 2.30. The Morgan fingerprint density at radius 2 is 1.94 bits per heavy atom. The van der Waals surface area contributed by atoms with Gasteiger partial charge in [-0.05, 0) is 12.8 Å². The van der Waals surface area contributed by atoms with Crippen LogP contribution in [0, 0.1) is 5.41 Å². The summed E-state index contributed by atoms with van der Waals surface area (Å²) in [6.45, 7) is 0.442. The van der Waals surface area contributed by atoms with Crippen LogP contribution in [0.1, 0.15) is 25.7 Å². The lowest BCUT2D eigenvalue weighted by Gasteiger charge is -2.39. The molecule has 2 rings (SSSR count). The fraction of sp³-hybridized carbons (Fsp3) is 0.909. The van der Waals surface area contributed by atoms with Gasteiger partial charge in [0.2, 0.25) is 5.91 Å². The zero-order valence-corrected chi connectivity index (χ0v) is 10.9. The molecule has 0 radical (unpaired) electrons. The van der Waals surface area contributed by atoms with Gasteiger partial charge in [-0.3, -0.25) is 4.79 Å². The van der Waals surface area contributed by atoms with E-state index in [1.807, 2.05) is 0 Å². The van der Waals surface area contributed by atoms with Gasteiger partial charge in [0.1, 0.15) is 15.3 Å². The molecule has 0 atom stereocenters. The van der Waals surface area contributed by atoms with Crippen molar-refractivity contribution < 1.29 is 17.9 Å². The number of nitrogens with one attached hydrogen (secondary N) is 1. The molecule has 0 spiro atoms. The van der Waals surface area contributed by atoms with Crippen LogP contribution in [-0.2, 0) is 19.4 Å². The van der Waals surface area contributed by atoms with E-state index >= 15 is 0 Å². The molecule has 2 fully saturated rings. The van der Waals surface area contributed by atoms with Crippen LogP contribution in [0.3, 0.4) is 0 Å². The molecule has 6 heteroatoms. The van der Waals surface area contributed by atoms with Crippen molar-refractivity contribution in [1.82, 2.24) is 5.32 Å². The van der Waals surface area contributed by atoms with Crippen molar-refractivity contribution in [3.8, 4) is 0 Å². The molecular weight excluding hydrogens is 242 g/mol. The molecule has 1 heterocycles. The highest BCUT2D eigenvalue weighted by molar-refractivity contribution is 7.90. The Morgan fingerprint density at radius 1 is 1.35 bits per heavy atom. The third-order valence-corrected chi connectivity index (χ3v) is 4.54. The summed E-state index contributed by atoms with van der Waals surface area (Å²) in [5, 5.41) is 2.96. The largest absolute Gasteiger partial charge is 0.379 e. The van der Waals surface area contributed by atoms with Gasteiger partial charge < -0.3 is 10.1 Å². The zero-order valence-electron chi connectivity index (χ0n) is 10.1. The van der Waals surface area contributed by atoms with E-state index < -0.39 is 15.3 Å². The molecule has 1 saturated carbocycles. The number of sulfone groups is 1. The molecule has 98 valence electrons. The van der Waals surface area contributed by atoms with Gasteiger partial charge in [0.15, 0.2) is 0 Å². The third-order valence-electron chi connectivity index (χ3n) is 3.47. The monoisotopic (exact) mass is 261 g/mol. The summed E-state index contributed by atoms with van der Waals surface area (Å²) in [6.07, 6.45) is 5.44. The van der Waals surface area contributed by atoms with Crippen LogP contribution >= 0.6 is 0 Å². The number of rotatable bonds is 4. The number of carbonyl (C=O) groups excluding carboxylic acids is 1. The second-order valence-corrected chi connectivity index (χ2v) is 7.44. The Bertz CT molecular complexity index is 394. The third kappa shape index (κ3) is 2.98. The fourth-order valence-corrected chi connectivity index (χ4v) is 3.84. The first-order chi connectivity index (χ1) is 7.91. The minimum absolute atomic E-state index is 0.113. The van der Waals surface area contributed by atoms with Crippen molar-refractivity contribution in [3.05, 3.63) is 0 Å². The fourth-order valence-electron chi connectivity index (χ4n) is 2.54. The van der Waals surface area contributed by atoms with Crippen LogP contribution in [0.5, 0.6) is 0 Å². The van der Waals surface area contributed by atoms with Gasteiger partial charge in [0.05, 0.1) is 19.0 Å². The number of carbonyl (C=O) groups is 1. The van der Waals surface area contributed by atoms with Crippen LogP contribution in [-0.4, -0.2) is 45.6 Å². The summed E-state index contributed by atoms with van der Waals surface area (Å²) in [5.74, 6) is -0.264. The standard InChI is InChI=1S/C11H19NO4S/c1-17(14,15)8-11(6-16-7-11)10(13)12-9-4-2-3-5-9/h9H,2-8H2,1H3,(H,12,13). The zero-order chi connectivity index (χ0) is 12.5. The lowest BCUT2D eigenvalue weighted by atomic mass is 9.87. The number of amides is 1. The van der Waals surface area contributed by atoms with E-state index in [-0.39, 0.29) is 30.9 Å². The van der Waals surface area contributed by atoms with E-state index in [1.54, 1.807) is 0 Å². The molecule has 1 aliphatic heterocycles. The van der Waals surface area contributed by atoms with Gasteiger partial charge in [0.25, 0.3) is 0 Å². The quantitative estimate of drug-likeness (QED) is 0.779. The Morgan fingerprint density at radius 3 is 2.35 bits per heavy atom.